The molecule has 102 valence electrons. The molecule has 0 fully saturated rings. The van der Waals surface area contributed by atoms with Gasteiger partial charge in [-0.2, -0.15) is 10.1 Å². The number of nitrogens with two attached hydrogens (primary N) is 2. The number of fused-ring (bicyclic) bond motifs is 1. The number of nitrogen functional groups attached to an aromatic ring is 2. The zero-order chi connectivity index (χ0) is 14.3. The fraction of sp³-hybridized carbons (Fsp3) is 0.154. The zero-order valence-corrected chi connectivity index (χ0v) is 11.6. The second-order valence-corrected chi connectivity index (χ2v) is 4.96. The fourth-order valence-electron chi connectivity index (χ4n) is 2.06. The van der Waals surface area contributed by atoms with Crippen molar-refractivity contribution in [2.75, 3.05) is 11.5 Å². The second-order valence-electron chi connectivity index (χ2n) is 4.60. The van der Waals surface area contributed by atoms with Gasteiger partial charge in [0.2, 0.25) is 5.95 Å². The summed E-state index contributed by atoms with van der Waals surface area (Å²) in [6.07, 6.45) is 1.64. The molecule has 0 atom stereocenters. The number of rotatable bonds is 2. The quantitative estimate of drug-likeness (QED) is 0.555. The van der Waals surface area contributed by atoms with Gasteiger partial charge in [0.15, 0.2) is 5.65 Å². The SMILES string of the molecule is Cc1cc(Cn2ncc3c(Cl)nc(N)nc32)ccc1N. The molecular weight excluding hydrogens is 276 g/mol. The van der Waals surface area contributed by atoms with Crippen LogP contribution in [-0.2, 0) is 6.54 Å². The van der Waals surface area contributed by atoms with E-state index in [2.05, 4.69) is 15.1 Å². The molecule has 4 N–H and O–H groups in total. The highest BCUT2D eigenvalue weighted by molar-refractivity contribution is 6.34. The molecule has 0 saturated heterocycles. The van der Waals surface area contributed by atoms with Gasteiger partial charge in [-0.1, -0.05) is 23.7 Å². The molecule has 0 unspecified atom stereocenters. The summed E-state index contributed by atoms with van der Waals surface area (Å²) >= 11 is 6.02. The third kappa shape index (κ3) is 2.14. The van der Waals surface area contributed by atoms with Crippen molar-refractivity contribution in [2.24, 2.45) is 0 Å². The lowest BCUT2D eigenvalue weighted by molar-refractivity contribution is 0.704. The Hall–Kier alpha value is -2.34. The Morgan fingerprint density at radius 2 is 2.05 bits per heavy atom. The predicted octanol–water partition coefficient (Wildman–Crippen LogP) is 2.00. The van der Waals surface area contributed by atoms with E-state index >= 15 is 0 Å². The van der Waals surface area contributed by atoms with Crippen molar-refractivity contribution in [3.8, 4) is 0 Å². The molecule has 2 heterocycles. The third-order valence-corrected chi connectivity index (χ3v) is 3.42. The average molecular weight is 289 g/mol. The minimum atomic E-state index is 0.137. The van der Waals surface area contributed by atoms with Gasteiger partial charge in [0.05, 0.1) is 18.1 Å². The van der Waals surface area contributed by atoms with E-state index in [4.69, 9.17) is 23.1 Å². The molecular formula is C13H13ClN6. The molecule has 0 bridgehead atoms. The molecule has 6 nitrogen and oxygen atoms in total. The lowest BCUT2D eigenvalue weighted by Crippen LogP contribution is -2.05. The molecule has 0 aliphatic heterocycles. The maximum atomic E-state index is 6.02. The van der Waals surface area contributed by atoms with Crippen LogP contribution in [0.25, 0.3) is 11.0 Å². The Labute approximate surface area is 120 Å². The van der Waals surface area contributed by atoms with Crippen LogP contribution < -0.4 is 11.5 Å². The maximum Gasteiger partial charge on any atom is 0.223 e. The van der Waals surface area contributed by atoms with Gasteiger partial charge in [0.1, 0.15) is 5.15 Å². The number of nitrogens with zero attached hydrogens (tertiary/aromatic N) is 4. The molecule has 7 heteroatoms. The van der Waals surface area contributed by atoms with Gasteiger partial charge in [-0.15, -0.1) is 0 Å². The normalized spacial score (nSPS) is 11.1. The van der Waals surface area contributed by atoms with E-state index in [0.29, 0.717) is 22.7 Å². The molecule has 3 aromatic rings. The van der Waals surface area contributed by atoms with E-state index in [9.17, 15) is 0 Å². The molecule has 2 aromatic heterocycles. The Kier molecular flexibility index (Phi) is 2.94. The Bertz CT molecular complexity index is 795. The van der Waals surface area contributed by atoms with E-state index in [1.54, 1.807) is 10.9 Å². The van der Waals surface area contributed by atoms with Crippen LogP contribution in [-0.4, -0.2) is 19.7 Å². The molecule has 3 rings (SSSR count). The number of anilines is 2. The number of aromatic nitrogens is 4. The molecule has 1 aromatic carbocycles. The number of hydrogen-bond acceptors (Lipinski definition) is 5. The first-order valence-corrected chi connectivity index (χ1v) is 6.42. The van der Waals surface area contributed by atoms with Crippen LogP contribution in [0.2, 0.25) is 5.15 Å². The first kappa shape index (κ1) is 12.7. The summed E-state index contributed by atoms with van der Waals surface area (Å²) in [6, 6.07) is 5.86. The summed E-state index contributed by atoms with van der Waals surface area (Å²) in [7, 11) is 0. The highest BCUT2D eigenvalue weighted by Crippen LogP contribution is 2.22. The van der Waals surface area contributed by atoms with Gasteiger partial charge in [-0.05, 0) is 24.1 Å². The highest BCUT2D eigenvalue weighted by Gasteiger charge is 2.10. The van der Waals surface area contributed by atoms with Crippen molar-refractivity contribution in [1.82, 2.24) is 19.7 Å². The number of hydrogen-bond donors (Lipinski definition) is 2. The second kappa shape index (κ2) is 4.64. The zero-order valence-electron chi connectivity index (χ0n) is 10.8. The molecule has 0 aliphatic rings. The van der Waals surface area contributed by atoms with Crippen LogP contribution in [0, 0.1) is 6.92 Å². The van der Waals surface area contributed by atoms with Crippen LogP contribution in [0.15, 0.2) is 24.4 Å². The number of benzene rings is 1. The van der Waals surface area contributed by atoms with E-state index in [1.807, 2.05) is 25.1 Å². The lowest BCUT2D eigenvalue weighted by Gasteiger charge is -2.06. The molecule has 0 spiro atoms. The van der Waals surface area contributed by atoms with E-state index in [0.717, 1.165) is 16.8 Å². The molecule has 20 heavy (non-hydrogen) atoms. The third-order valence-electron chi connectivity index (χ3n) is 3.13. The summed E-state index contributed by atoms with van der Waals surface area (Å²) in [5, 5.41) is 5.29. The van der Waals surface area contributed by atoms with Crippen molar-refractivity contribution in [3.05, 3.63) is 40.7 Å². The van der Waals surface area contributed by atoms with Crippen LogP contribution in [0.5, 0.6) is 0 Å². The van der Waals surface area contributed by atoms with Gasteiger partial charge in [-0.25, -0.2) is 9.67 Å². The smallest absolute Gasteiger partial charge is 0.223 e. The van der Waals surface area contributed by atoms with Crippen LogP contribution in [0.3, 0.4) is 0 Å². The van der Waals surface area contributed by atoms with Gasteiger partial charge in [-0.3, -0.25) is 0 Å². The van der Waals surface area contributed by atoms with Crippen molar-refractivity contribution in [3.63, 3.8) is 0 Å². The predicted molar refractivity (Wildman–Crippen MR) is 79.4 cm³/mol. The van der Waals surface area contributed by atoms with Crippen molar-refractivity contribution >= 4 is 34.3 Å². The summed E-state index contributed by atoms with van der Waals surface area (Å²) in [5.74, 6) is 0.137. The van der Waals surface area contributed by atoms with Gasteiger partial charge >= 0.3 is 0 Å². The first-order chi connectivity index (χ1) is 9.54. The van der Waals surface area contributed by atoms with Crippen molar-refractivity contribution in [1.29, 1.82) is 0 Å². The Morgan fingerprint density at radius 1 is 1.25 bits per heavy atom. The van der Waals surface area contributed by atoms with Crippen molar-refractivity contribution < 1.29 is 0 Å². The van der Waals surface area contributed by atoms with Gasteiger partial charge < -0.3 is 11.5 Å². The molecule has 0 aliphatic carbocycles. The minimum Gasteiger partial charge on any atom is -0.399 e. The maximum absolute atomic E-state index is 6.02. The summed E-state index contributed by atoms with van der Waals surface area (Å²) in [6.45, 7) is 2.54. The minimum absolute atomic E-state index is 0.137. The van der Waals surface area contributed by atoms with E-state index in [1.165, 1.54) is 0 Å². The highest BCUT2D eigenvalue weighted by atomic mass is 35.5. The van der Waals surface area contributed by atoms with Gasteiger partial charge in [0, 0.05) is 5.69 Å². The average Bonchev–Trinajstić information content (AvgIpc) is 2.77. The monoisotopic (exact) mass is 288 g/mol. The van der Waals surface area contributed by atoms with E-state index in [-0.39, 0.29) is 5.95 Å². The van der Waals surface area contributed by atoms with Gasteiger partial charge in [0.25, 0.3) is 0 Å². The summed E-state index contributed by atoms with van der Waals surface area (Å²) in [5.41, 5.74) is 14.9. The molecule has 0 amide bonds. The summed E-state index contributed by atoms with van der Waals surface area (Å²) < 4.78 is 1.74. The lowest BCUT2D eigenvalue weighted by atomic mass is 10.1. The topological polar surface area (TPSA) is 95.6 Å². The first-order valence-electron chi connectivity index (χ1n) is 6.04. The standard InChI is InChI=1S/C13H13ClN6/c1-7-4-8(2-3-10(7)15)6-20-12-9(5-17-20)11(14)18-13(16)19-12/h2-5H,6,15H2,1H3,(H2,16,18,19). The Balaban J connectivity index is 2.04. The number of halogens is 1. The van der Waals surface area contributed by atoms with E-state index < -0.39 is 0 Å². The molecule has 0 saturated carbocycles. The molecule has 0 radical (unpaired) electrons. The van der Waals surface area contributed by atoms with Crippen LogP contribution >= 0.6 is 11.6 Å². The Morgan fingerprint density at radius 3 is 2.80 bits per heavy atom. The largest absolute Gasteiger partial charge is 0.399 e. The van der Waals surface area contributed by atoms with Crippen LogP contribution in [0.1, 0.15) is 11.1 Å². The fourth-order valence-corrected chi connectivity index (χ4v) is 2.28. The van der Waals surface area contributed by atoms with Crippen molar-refractivity contribution in [2.45, 2.75) is 13.5 Å². The van der Waals surface area contributed by atoms with Crippen LogP contribution in [0.4, 0.5) is 11.6 Å². The summed E-state index contributed by atoms with van der Waals surface area (Å²) in [4.78, 5) is 8.10. The number of aryl methyl sites for hydroxylation is 1.